The molecule has 0 saturated heterocycles. The predicted octanol–water partition coefficient (Wildman–Crippen LogP) is 15.0. The first kappa shape index (κ1) is 33.9. The first-order valence-corrected chi connectivity index (χ1v) is 21.6. The van der Waals surface area contributed by atoms with Gasteiger partial charge < -0.3 is 4.42 Å². The molecule has 3 aliphatic carbocycles. The Morgan fingerprint density at radius 3 is 1.56 bits per heavy atom. The number of nitrogens with zero attached hydrogens (tertiary/aromatic N) is 2. The molecule has 14 rings (SSSR count). The molecule has 3 heteroatoms. The lowest BCUT2D eigenvalue weighted by molar-refractivity contribution is 0.546. The Balaban J connectivity index is 1.05. The predicted molar refractivity (Wildman–Crippen MR) is 254 cm³/mol. The quantitative estimate of drug-likeness (QED) is 0.167. The largest absolute Gasteiger partial charge is 0.460 e. The second-order valence-electron chi connectivity index (χ2n) is 17.0. The van der Waals surface area contributed by atoms with Crippen LogP contribution in [0.15, 0.2) is 192 Å². The van der Waals surface area contributed by atoms with Gasteiger partial charge in [0.05, 0.1) is 27.8 Å². The molecular formula is C59H36N2O. The first-order valence-electron chi connectivity index (χ1n) is 21.6. The van der Waals surface area contributed by atoms with Crippen LogP contribution in [0.3, 0.4) is 0 Å². The second kappa shape index (κ2) is 12.6. The number of furan rings is 1. The molecule has 0 saturated carbocycles. The van der Waals surface area contributed by atoms with Gasteiger partial charge in [-0.15, -0.1) is 0 Å². The third-order valence-electron chi connectivity index (χ3n) is 13.9. The Kier molecular flexibility index (Phi) is 6.88. The standard InChI is InChI=1S/C59H36N2O/c1-3-22-46-39(16-1)40-17-2-4-23-47(40)58-57(46)60-55(37-15-13-14-35(32-37)36-29-31-54-48(33-36)45-21-8-12-27-53(45)62-54)56(61-58)38-28-30-44-43-20-7-11-26-51(43)59(52(44)34-38)49-24-9-5-18-41(49)42-19-6-10-25-50(42)59/h1-11,13-26,28-34H,12,27H2. The summed E-state index contributed by atoms with van der Waals surface area (Å²) in [6, 6.07) is 66.8. The van der Waals surface area contributed by atoms with Crippen molar-refractivity contribution in [3.8, 4) is 55.9 Å². The third kappa shape index (κ3) is 4.49. The summed E-state index contributed by atoms with van der Waals surface area (Å²) in [5.41, 5.74) is 19.9. The van der Waals surface area contributed by atoms with Crippen molar-refractivity contribution in [1.82, 2.24) is 9.97 Å². The fourth-order valence-corrected chi connectivity index (χ4v) is 11.3. The Morgan fingerprint density at radius 2 is 0.919 bits per heavy atom. The molecule has 0 bridgehead atoms. The van der Waals surface area contributed by atoms with E-state index in [0.717, 1.165) is 85.0 Å². The van der Waals surface area contributed by atoms with Gasteiger partial charge in [0.15, 0.2) is 0 Å². The number of aryl methyl sites for hydroxylation is 1. The molecule has 0 fully saturated rings. The maximum Gasteiger partial charge on any atom is 0.134 e. The van der Waals surface area contributed by atoms with Gasteiger partial charge in [-0.2, -0.15) is 0 Å². The number of allylic oxidation sites excluding steroid dienone is 1. The number of hydrogen-bond acceptors (Lipinski definition) is 3. The normalized spacial score (nSPS) is 14.1. The summed E-state index contributed by atoms with van der Waals surface area (Å²) in [5, 5.41) is 5.72. The van der Waals surface area contributed by atoms with Crippen molar-refractivity contribution < 1.29 is 4.42 Å². The Labute approximate surface area is 358 Å². The van der Waals surface area contributed by atoms with Crippen LogP contribution in [-0.2, 0) is 11.8 Å². The molecule has 2 aromatic heterocycles. The van der Waals surface area contributed by atoms with Gasteiger partial charge in [-0.05, 0) is 97.1 Å². The van der Waals surface area contributed by atoms with Crippen LogP contribution in [0, 0.1) is 0 Å². The van der Waals surface area contributed by atoms with Gasteiger partial charge in [-0.3, -0.25) is 0 Å². The summed E-state index contributed by atoms with van der Waals surface area (Å²) in [6.07, 6.45) is 6.42. The van der Waals surface area contributed by atoms with E-state index in [2.05, 4.69) is 194 Å². The average Bonchev–Trinajstić information content (AvgIpc) is 3.97. The topological polar surface area (TPSA) is 38.9 Å². The molecule has 1 spiro atoms. The van der Waals surface area contributed by atoms with Crippen LogP contribution in [0.1, 0.15) is 40.0 Å². The molecular weight excluding hydrogens is 753 g/mol. The Bertz CT molecular complexity index is 3710. The third-order valence-corrected chi connectivity index (χ3v) is 13.9. The molecule has 0 amide bonds. The van der Waals surface area contributed by atoms with E-state index in [-0.39, 0.29) is 0 Å². The van der Waals surface area contributed by atoms with Crippen molar-refractivity contribution >= 4 is 49.6 Å². The van der Waals surface area contributed by atoms with Crippen molar-refractivity contribution in [2.75, 3.05) is 0 Å². The summed E-state index contributed by atoms with van der Waals surface area (Å²) < 4.78 is 6.30. The van der Waals surface area contributed by atoms with Gasteiger partial charge in [0.25, 0.3) is 0 Å². The van der Waals surface area contributed by atoms with E-state index in [1.54, 1.807) is 0 Å². The average molecular weight is 789 g/mol. The van der Waals surface area contributed by atoms with Gasteiger partial charge in [0, 0.05) is 39.3 Å². The summed E-state index contributed by atoms with van der Waals surface area (Å²) in [7, 11) is 0. The monoisotopic (exact) mass is 788 g/mol. The molecule has 3 nitrogen and oxygen atoms in total. The summed E-state index contributed by atoms with van der Waals surface area (Å²) in [4.78, 5) is 11.5. The van der Waals surface area contributed by atoms with Crippen LogP contribution in [0.4, 0.5) is 0 Å². The lowest BCUT2D eigenvalue weighted by Gasteiger charge is -2.30. The van der Waals surface area contributed by atoms with Crippen molar-refractivity contribution in [1.29, 1.82) is 0 Å². The van der Waals surface area contributed by atoms with Gasteiger partial charge in [-0.25, -0.2) is 9.97 Å². The zero-order valence-corrected chi connectivity index (χ0v) is 33.7. The van der Waals surface area contributed by atoms with E-state index >= 15 is 0 Å². The van der Waals surface area contributed by atoms with E-state index in [1.165, 1.54) is 60.8 Å². The van der Waals surface area contributed by atoms with Crippen LogP contribution in [0.5, 0.6) is 0 Å². The highest BCUT2D eigenvalue weighted by atomic mass is 16.3. The Morgan fingerprint density at radius 1 is 0.403 bits per heavy atom. The van der Waals surface area contributed by atoms with Gasteiger partial charge in [0.2, 0.25) is 0 Å². The van der Waals surface area contributed by atoms with E-state index < -0.39 is 5.41 Å². The lowest BCUT2D eigenvalue weighted by atomic mass is 9.70. The Hall–Kier alpha value is -7.88. The molecule has 2 heterocycles. The molecule has 62 heavy (non-hydrogen) atoms. The fraction of sp³-hybridized carbons (Fsp3) is 0.0508. The van der Waals surface area contributed by atoms with Crippen LogP contribution < -0.4 is 0 Å². The van der Waals surface area contributed by atoms with Gasteiger partial charge in [0.1, 0.15) is 11.3 Å². The first-order chi connectivity index (χ1) is 30.7. The van der Waals surface area contributed by atoms with E-state index in [4.69, 9.17) is 14.4 Å². The highest BCUT2D eigenvalue weighted by molar-refractivity contribution is 6.23. The smallest absolute Gasteiger partial charge is 0.134 e. The number of rotatable bonds is 3. The maximum atomic E-state index is 6.30. The van der Waals surface area contributed by atoms with Crippen molar-refractivity contribution in [3.05, 3.63) is 222 Å². The molecule has 0 radical (unpaired) electrons. The molecule has 0 unspecified atom stereocenters. The molecule has 11 aromatic rings. The van der Waals surface area contributed by atoms with Gasteiger partial charge >= 0.3 is 0 Å². The molecule has 288 valence electrons. The number of hydrogen-bond donors (Lipinski definition) is 0. The number of aromatic nitrogens is 2. The van der Waals surface area contributed by atoms with Gasteiger partial charge in [-0.1, -0.05) is 170 Å². The zero-order valence-electron chi connectivity index (χ0n) is 33.7. The lowest BCUT2D eigenvalue weighted by Crippen LogP contribution is -2.25. The number of benzene rings is 9. The fourth-order valence-electron chi connectivity index (χ4n) is 11.3. The molecule has 9 aromatic carbocycles. The minimum Gasteiger partial charge on any atom is -0.460 e. The molecule has 0 atom stereocenters. The molecule has 3 aliphatic rings. The maximum absolute atomic E-state index is 6.30. The van der Waals surface area contributed by atoms with E-state index in [1.807, 2.05) is 0 Å². The highest BCUT2D eigenvalue weighted by Crippen LogP contribution is 2.63. The second-order valence-corrected chi connectivity index (χ2v) is 17.0. The van der Waals surface area contributed by atoms with Crippen LogP contribution in [0.25, 0.3) is 106 Å². The van der Waals surface area contributed by atoms with Crippen molar-refractivity contribution in [2.45, 2.75) is 18.3 Å². The molecule has 0 aliphatic heterocycles. The summed E-state index contributed by atoms with van der Waals surface area (Å²) in [5.74, 6) is 1.08. The van der Waals surface area contributed by atoms with E-state index in [0.29, 0.717) is 0 Å². The number of fused-ring (bicyclic) bond motifs is 19. The minimum atomic E-state index is -0.470. The van der Waals surface area contributed by atoms with Crippen LogP contribution >= 0.6 is 0 Å². The van der Waals surface area contributed by atoms with Crippen LogP contribution in [0.2, 0.25) is 0 Å². The zero-order chi connectivity index (χ0) is 40.5. The SMILES string of the molecule is C1=Cc2c(oc3ccc(-c4cccc(-c5nc6c7ccccc7c7ccccc7c6nc5-c5ccc6c(c5)C5(c7ccccc7-c7ccccc75)c5ccccc5-6)c4)cc23)CC1. The molecule has 0 N–H and O–H groups in total. The summed E-state index contributed by atoms with van der Waals surface area (Å²) in [6.45, 7) is 0. The van der Waals surface area contributed by atoms with Crippen LogP contribution in [-0.4, -0.2) is 9.97 Å². The van der Waals surface area contributed by atoms with Crippen molar-refractivity contribution in [2.24, 2.45) is 0 Å². The van der Waals surface area contributed by atoms with Crippen molar-refractivity contribution in [3.63, 3.8) is 0 Å². The van der Waals surface area contributed by atoms with E-state index in [9.17, 15) is 0 Å². The summed E-state index contributed by atoms with van der Waals surface area (Å²) >= 11 is 0. The minimum absolute atomic E-state index is 0.470. The highest BCUT2D eigenvalue weighted by Gasteiger charge is 2.51.